The Morgan fingerprint density at radius 1 is 1.03 bits per heavy atom. The average Bonchev–Trinajstić information content (AvgIpc) is 3.23. The van der Waals surface area contributed by atoms with E-state index in [1.54, 1.807) is 24.3 Å². The summed E-state index contributed by atoms with van der Waals surface area (Å²) in [5.74, 6) is 2.24. The van der Waals surface area contributed by atoms with E-state index in [-0.39, 0.29) is 11.9 Å². The Balaban J connectivity index is 1.31. The number of hydrogen-bond acceptors (Lipinski definition) is 7. The summed E-state index contributed by atoms with van der Waals surface area (Å²) in [6.07, 6.45) is 3.73. The maximum Gasteiger partial charge on any atom is 0.322 e. The zero-order valence-corrected chi connectivity index (χ0v) is 17.4. The lowest BCUT2D eigenvalue weighted by molar-refractivity contribution is 0.102. The van der Waals surface area contributed by atoms with Crippen LogP contribution in [-0.2, 0) is 6.42 Å². The molecule has 8 nitrogen and oxygen atoms in total. The summed E-state index contributed by atoms with van der Waals surface area (Å²) < 4.78 is 22.4. The Labute approximate surface area is 180 Å². The minimum atomic E-state index is -0.327. The Hall–Kier alpha value is -3.55. The normalized spacial score (nSPS) is 12.4. The van der Waals surface area contributed by atoms with Crippen molar-refractivity contribution < 1.29 is 23.4 Å². The van der Waals surface area contributed by atoms with Crippen molar-refractivity contribution in [3.63, 3.8) is 0 Å². The Morgan fingerprint density at radius 2 is 1.84 bits per heavy atom. The molecule has 162 valence electrons. The van der Waals surface area contributed by atoms with Crippen molar-refractivity contribution in [3.05, 3.63) is 59.5 Å². The highest BCUT2D eigenvalue weighted by Crippen LogP contribution is 2.31. The fourth-order valence-corrected chi connectivity index (χ4v) is 3.16. The van der Waals surface area contributed by atoms with Crippen molar-refractivity contribution in [3.8, 4) is 17.2 Å². The molecule has 4 rings (SSSR count). The number of carbonyl (C=O) groups is 1. The predicted molar refractivity (Wildman–Crippen MR) is 114 cm³/mol. The highest BCUT2D eigenvalue weighted by molar-refractivity contribution is 6.03. The van der Waals surface area contributed by atoms with Gasteiger partial charge in [0.05, 0.1) is 13.0 Å². The van der Waals surface area contributed by atoms with E-state index >= 15 is 0 Å². The van der Waals surface area contributed by atoms with Crippen LogP contribution in [0.2, 0.25) is 0 Å². The quantitative estimate of drug-likeness (QED) is 0.514. The number of rotatable bonds is 9. The van der Waals surface area contributed by atoms with Crippen LogP contribution in [-0.4, -0.2) is 35.9 Å². The third-order valence-corrected chi connectivity index (χ3v) is 4.78. The monoisotopic (exact) mass is 423 g/mol. The number of carbonyl (C=O) groups excluding carboxylic acids is 1. The summed E-state index contributed by atoms with van der Waals surface area (Å²) in [6, 6.07) is 12.7. The minimum Gasteiger partial charge on any atom is -0.494 e. The molecule has 2 aromatic carbocycles. The molecule has 1 N–H and O–H groups in total. The first-order chi connectivity index (χ1) is 15.2. The number of hydrogen-bond donors (Lipinski definition) is 1. The van der Waals surface area contributed by atoms with Gasteiger partial charge in [0.15, 0.2) is 11.5 Å². The summed E-state index contributed by atoms with van der Waals surface area (Å²) in [4.78, 5) is 12.4. The van der Waals surface area contributed by atoms with Gasteiger partial charge in [-0.05, 0) is 48.4 Å². The molecule has 0 saturated heterocycles. The first kappa shape index (κ1) is 20.7. The molecule has 0 radical (unpaired) electrons. The van der Waals surface area contributed by atoms with Gasteiger partial charge in [0.25, 0.3) is 5.91 Å². The van der Waals surface area contributed by atoms with Crippen molar-refractivity contribution in [2.75, 3.05) is 25.1 Å². The van der Waals surface area contributed by atoms with Crippen LogP contribution in [0.4, 0.5) is 6.01 Å². The molecule has 0 unspecified atom stereocenters. The van der Waals surface area contributed by atoms with Gasteiger partial charge in [0, 0.05) is 5.56 Å². The molecule has 2 heterocycles. The molecule has 0 fully saturated rings. The third-order valence-electron chi connectivity index (χ3n) is 4.78. The molecule has 1 aliphatic heterocycles. The van der Waals surface area contributed by atoms with Crippen LogP contribution < -0.4 is 19.5 Å². The van der Waals surface area contributed by atoms with E-state index in [0.717, 1.165) is 36.3 Å². The van der Waals surface area contributed by atoms with E-state index in [4.69, 9.17) is 18.6 Å². The molecule has 0 bridgehead atoms. The largest absolute Gasteiger partial charge is 0.494 e. The molecule has 0 saturated carbocycles. The predicted octanol–water partition coefficient (Wildman–Crippen LogP) is 4.25. The number of aromatic nitrogens is 2. The molecule has 8 heteroatoms. The molecule has 0 spiro atoms. The first-order valence-electron chi connectivity index (χ1n) is 10.5. The third kappa shape index (κ3) is 5.53. The molecule has 31 heavy (non-hydrogen) atoms. The molecule has 0 atom stereocenters. The lowest BCUT2D eigenvalue weighted by Crippen LogP contribution is -2.15. The van der Waals surface area contributed by atoms with Gasteiger partial charge >= 0.3 is 6.01 Å². The van der Waals surface area contributed by atoms with Crippen LogP contribution in [0.3, 0.4) is 0 Å². The van der Waals surface area contributed by atoms with Crippen molar-refractivity contribution in [2.24, 2.45) is 0 Å². The number of amides is 1. The second-order valence-electron chi connectivity index (χ2n) is 7.19. The van der Waals surface area contributed by atoms with Gasteiger partial charge in [-0.15, -0.1) is 5.10 Å². The van der Waals surface area contributed by atoms with Crippen molar-refractivity contribution in [2.45, 2.75) is 32.6 Å². The first-order valence-corrected chi connectivity index (χ1v) is 10.5. The van der Waals surface area contributed by atoms with Crippen LogP contribution in [0.25, 0.3) is 0 Å². The summed E-state index contributed by atoms with van der Waals surface area (Å²) >= 11 is 0. The second kappa shape index (κ2) is 9.97. The number of nitrogens with one attached hydrogen (secondary N) is 1. The van der Waals surface area contributed by atoms with E-state index in [9.17, 15) is 4.79 Å². The highest BCUT2D eigenvalue weighted by atomic mass is 16.6. The van der Waals surface area contributed by atoms with Crippen LogP contribution in [0.1, 0.15) is 48.0 Å². The molecular weight excluding hydrogens is 398 g/mol. The summed E-state index contributed by atoms with van der Waals surface area (Å²) in [7, 11) is 0. The molecule has 1 aromatic heterocycles. The lowest BCUT2D eigenvalue weighted by Gasteiger charge is -2.18. The van der Waals surface area contributed by atoms with E-state index in [0.29, 0.717) is 43.4 Å². The highest BCUT2D eigenvalue weighted by Gasteiger charge is 2.15. The molecule has 0 aliphatic carbocycles. The van der Waals surface area contributed by atoms with Crippen molar-refractivity contribution >= 4 is 11.9 Å². The van der Waals surface area contributed by atoms with Gasteiger partial charge < -0.3 is 18.6 Å². The average molecular weight is 423 g/mol. The Bertz CT molecular complexity index is 1020. The van der Waals surface area contributed by atoms with Crippen molar-refractivity contribution in [1.29, 1.82) is 0 Å². The maximum atomic E-state index is 12.4. The van der Waals surface area contributed by atoms with Crippen LogP contribution in [0.15, 0.2) is 46.9 Å². The number of fused-ring (bicyclic) bond motifs is 1. The number of nitrogens with zero attached hydrogens (tertiary/aromatic N) is 2. The van der Waals surface area contributed by atoms with Gasteiger partial charge in [0.1, 0.15) is 19.0 Å². The SMILES string of the molecule is CCCCCOc1ccc(C(=O)Nc2nnc(Cc3ccc4c(c3)OCCO4)o2)cc1. The molecule has 1 aliphatic rings. The maximum absolute atomic E-state index is 12.4. The van der Waals surface area contributed by atoms with E-state index in [1.807, 2.05) is 18.2 Å². The van der Waals surface area contributed by atoms with Gasteiger partial charge in [0.2, 0.25) is 5.89 Å². The fraction of sp³-hybridized carbons (Fsp3) is 0.348. The lowest BCUT2D eigenvalue weighted by atomic mass is 10.1. The molecule has 3 aromatic rings. The van der Waals surface area contributed by atoms with E-state index in [1.165, 1.54) is 0 Å². The summed E-state index contributed by atoms with van der Waals surface area (Å²) in [5, 5.41) is 10.6. The molecule has 1 amide bonds. The number of unbranched alkanes of at least 4 members (excludes halogenated alkanes) is 2. The van der Waals surface area contributed by atoms with Crippen LogP contribution in [0, 0.1) is 0 Å². The second-order valence-corrected chi connectivity index (χ2v) is 7.19. The zero-order chi connectivity index (χ0) is 21.5. The van der Waals surface area contributed by atoms with Gasteiger partial charge in [-0.2, -0.15) is 0 Å². The number of anilines is 1. The zero-order valence-electron chi connectivity index (χ0n) is 17.4. The molecular formula is C23H25N3O5. The van der Waals surface area contributed by atoms with E-state index in [2.05, 4.69) is 22.4 Å². The van der Waals surface area contributed by atoms with Crippen LogP contribution >= 0.6 is 0 Å². The summed E-state index contributed by atoms with van der Waals surface area (Å²) in [5.41, 5.74) is 1.42. The van der Waals surface area contributed by atoms with Crippen molar-refractivity contribution in [1.82, 2.24) is 10.2 Å². The van der Waals surface area contributed by atoms with E-state index < -0.39 is 0 Å². The minimum absolute atomic E-state index is 0.0532. The van der Waals surface area contributed by atoms with Gasteiger partial charge in [-0.25, -0.2) is 0 Å². The topological polar surface area (TPSA) is 95.7 Å². The smallest absolute Gasteiger partial charge is 0.322 e. The van der Waals surface area contributed by atoms with Gasteiger partial charge in [-0.3, -0.25) is 10.1 Å². The van der Waals surface area contributed by atoms with Gasteiger partial charge in [-0.1, -0.05) is 30.9 Å². The number of ether oxygens (including phenoxy) is 3. The Kier molecular flexibility index (Phi) is 6.66. The number of benzene rings is 2. The fourth-order valence-electron chi connectivity index (χ4n) is 3.16. The Morgan fingerprint density at radius 3 is 2.65 bits per heavy atom. The standard InChI is InChI=1S/C23H25N3O5/c1-2-3-4-11-28-18-8-6-17(7-9-18)22(27)24-23-26-25-21(31-23)15-16-5-10-19-20(14-16)30-13-12-29-19/h5-10,14H,2-4,11-13,15H2,1H3,(H,24,26,27). The van der Waals surface area contributed by atoms with Crippen LogP contribution in [0.5, 0.6) is 17.2 Å². The summed E-state index contributed by atoms with van der Waals surface area (Å²) in [6.45, 7) is 3.90.